The lowest BCUT2D eigenvalue weighted by Gasteiger charge is -1.99. The van der Waals surface area contributed by atoms with Gasteiger partial charge in [0.15, 0.2) is 11.5 Å². The van der Waals surface area contributed by atoms with Gasteiger partial charge in [-0.05, 0) is 29.5 Å². The molecule has 0 fully saturated rings. The van der Waals surface area contributed by atoms with Crippen molar-refractivity contribution in [3.63, 3.8) is 0 Å². The van der Waals surface area contributed by atoms with Crippen LogP contribution in [0.25, 0.3) is 5.65 Å². The Morgan fingerprint density at radius 1 is 1.58 bits per heavy atom. The van der Waals surface area contributed by atoms with E-state index in [0.717, 1.165) is 15.0 Å². The summed E-state index contributed by atoms with van der Waals surface area (Å²) >= 11 is 2.20. The number of hydrogen-bond acceptors (Lipinski definition) is 3. The average molecular weight is 274 g/mol. The summed E-state index contributed by atoms with van der Waals surface area (Å²) in [7, 11) is 0. The summed E-state index contributed by atoms with van der Waals surface area (Å²) < 4.78 is 2.97. The minimum atomic E-state index is 0.484. The number of halogens is 1. The molecule has 0 aliphatic carbocycles. The average Bonchev–Trinajstić information content (AvgIpc) is 2.33. The third-order valence-corrected chi connectivity index (χ3v) is 2.39. The fourth-order valence-electron chi connectivity index (χ4n) is 1.11. The zero-order valence-corrected chi connectivity index (χ0v) is 8.61. The molecule has 0 aliphatic rings. The van der Waals surface area contributed by atoms with Gasteiger partial charge in [0.1, 0.15) is 3.70 Å². The third-order valence-electron chi connectivity index (χ3n) is 1.59. The molecular weight excluding hydrogens is 267 g/mol. The molecule has 0 atom stereocenters. The van der Waals surface area contributed by atoms with Crippen molar-refractivity contribution in [2.75, 3.05) is 5.73 Å². The van der Waals surface area contributed by atoms with Gasteiger partial charge in [0.25, 0.3) is 0 Å². The van der Waals surface area contributed by atoms with Crippen LogP contribution in [0.2, 0.25) is 0 Å². The van der Waals surface area contributed by atoms with E-state index in [9.17, 15) is 0 Å². The number of fused-ring (bicyclic) bond motifs is 1. The van der Waals surface area contributed by atoms with E-state index in [2.05, 4.69) is 32.6 Å². The second-order valence-corrected chi connectivity index (χ2v) is 3.65. The van der Waals surface area contributed by atoms with Crippen molar-refractivity contribution in [1.29, 1.82) is 0 Å². The van der Waals surface area contributed by atoms with E-state index in [1.165, 1.54) is 0 Å². The van der Waals surface area contributed by atoms with Crippen molar-refractivity contribution in [2.24, 2.45) is 0 Å². The number of aromatic nitrogens is 3. The van der Waals surface area contributed by atoms with Crippen molar-refractivity contribution >= 4 is 34.1 Å². The molecule has 0 aromatic carbocycles. The number of nitrogen functional groups attached to an aromatic ring is 1. The monoisotopic (exact) mass is 274 g/mol. The summed E-state index contributed by atoms with van der Waals surface area (Å²) in [6.07, 6.45) is 3.69. The van der Waals surface area contributed by atoms with E-state index in [0.29, 0.717) is 5.82 Å². The van der Waals surface area contributed by atoms with Crippen molar-refractivity contribution in [3.8, 4) is 0 Å². The minimum absolute atomic E-state index is 0.484. The Hall–Kier alpha value is -0.850. The van der Waals surface area contributed by atoms with Crippen molar-refractivity contribution < 1.29 is 0 Å². The highest BCUT2D eigenvalue weighted by molar-refractivity contribution is 14.1. The van der Waals surface area contributed by atoms with Crippen LogP contribution in [-0.4, -0.2) is 14.4 Å². The predicted molar refractivity (Wildman–Crippen MR) is 54.9 cm³/mol. The van der Waals surface area contributed by atoms with Gasteiger partial charge in [-0.15, -0.1) is 0 Å². The van der Waals surface area contributed by atoms with Crippen LogP contribution in [0.1, 0.15) is 5.69 Å². The molecule has 0 unspecified atom stereocenters. The Balaban J connectivity index is 2.92. The molecule has 0 spiro atoms. The molecule has 0 bridgehead atoms. The summed E-state index contributed by atoms with van der Waals surface area (Å²) in [5, 5.41) is 0. The van der Waals surface area contributed by atoms with Crippen LogP contribution in [0, 0.1) is 10.6 Å². The summed E-state index contributed by atoms with van der Waals surface area (Å²) in [5.41, 5.74) is 7.30. The third kappa shape index (κ3) is 1.04. The second-order valence-electron chi connectivity index (χ2n) is 2.54. The maximum atomic E-state index is 5.67. The first kappa shape index (κ1) is 7.78. The summed E-state index contributed by atoms with van der Waals surface area (Å²) in [6, 6.07) is 0. The molecule has 2 aromatic rings. The molecule has 2 aromatic heterocycles. The molecule has 2 rings (SSSR count). The van der Waals surface area contributed by atoms with E-state index in [1.807, 2.05) is 17.5 Å². The Labute approximate surface area is 83.0 Å². The Kier molecular flexibility index (Phi) is 1.67. The van der Waals surface area contributed by atoms with Crippen molar-refractivity contribution in [1.82, 2.24) is 14.4 Å². The summed E-state index contributed by atoms with van der Waals surface area (Å²) in [6.45, 7) is 1.91. The van der Waals surface area contributed by atoms with E-state index >= 15 is 0 Å². The zero-order chi connectivity index (χ0) is 8.72. The van der Waals surface area contributed by atoms with Gasteiger partial charge in [-0.25, -0.2) is 9.97 Å². The Morgan fingerprint density at radius 2 is 2.33 bits per heavy atom. The molecule has 4 nitrogen and oxygen atoms in total. The van der Waals surface area contributed by atoms with Crippen LogP contribution in [0.15, 0.2) is 12.4 Å². The molecule has 0 aliphatic heterocycles. The number of imidazole rings is 1. The molecule has 5 heteroatoms. The maximum Gasteiger partial charge on any atom is 0.180 e. The van der Waals surface area contributed by atoms with Crippen LogP contribution < -0.4 is 5.73 Å². The molecule has 2 heterocycles. The molecule has 62 valence electrons. The zero-order valence-electron chi connectivity index (χ0n) is 6.45. The molecule has 0 saturated carbocycles. The number of rotatable bonds is 0. The topological polar surface area (TPSA) is 56.2 Å². The SMILES string of the molecule is Cc1cn2c(I)cnc2c(N)n1. The fourth-order valence-corrected chi connectivity index (χ4v) is 1.62. The van der Waals surface area contributed by atoms with Gasteiger partial charge in [-0.3, -0.25) is 4.40 Å². The van der Waals surface area contributed by atoms with E-state index in [-0.39, 0.29) is 0 Å². The number of nitrogens with two attached hydrogens (primary N) is 1. The normalized spacial score (nSPS) is 10.8. The van der Waals surface area contributed by atoms with Crippen LogP contribution in [0.4, 0.5) is 5.82 Å². The molecule has 0 saturated heterocycles. The molecule has 2 N–H and O–H groups in total. The minimum Gasteiger partial charge on any atom is -0.381 e. The number of aryl methyl sites for hydroxylation is 1. The van der Waals surface area contributed by atoms with Gasteiger partial charge in [0.05, 0.1) is 11.9 Å². The van der Waals surface area contributed by atoms with Gasteiger partial charge in [0.2, 0.25) is 0 Å². The van der Waals surface area contributed by atoms with Crippen molar-refractivity contribution in [3.05, 3.63) is 21.8 Å². The van der Waals surface area contributed by atoms with Gasteiger partial charge >= 0.3 is 0 Å². The van der Waals surface area contributed by atoms with E-state index in [1.54, 1.807) is 6.20 Å². The number of anilines is 1. The highest BCUT2D eigenvalue weighted by Gasteiger charge is 2.04. The lowest BCUT2D eigenvalue weighted by Crippen LogP contribution is -1.99. The number of hydrogen-bond donors (Lipinski definition) is 1. The quantitative estimate of drug-likeness (QED) is 0.735. The van der Waals surface area contributed by atoms with Crippen LogP contribution in [0.3, 0.4) is 0 Å². The van der Waals surface area contributed by atoms with Crippen LogP contribution in [-0.2, 0) is 0 Å². The Morgan fingerprint density at radius 3 is 3.08 bits per heavy atom. The molecule has 12 heavy (non-hydrogen) atoms. The highest BCUT2D eigenvalue weighted by atomic mass is 127. The first-order valence-electron chi connectivity index (χ1n) is 3.44. The lowest BCUT2D eigenvalue weighted by atomic mass is 10.5. The summed E-state index contributed by atoms with van der Waals surface area (Å²) in [5.74, 6) is 0.484. The fraction of sp³-hybridized carbons (Fsp3) is 0.143. The van der Waals surface area contributed by atoms with E-state index < -0.39 is 0 Å². The standard InChI is InChI=1S/C7H7IN4/c1-4-3-12-5(8)2-10-7(12)6(9)11-4/h2-3H,1H3,(H2,9,11). The molecule has 0 radical (unpaired) electrons. The highest BCUT2D eigenvalue weighted by Crippen LogP contribution is 2.13. The lowest BCUT2D eigenvalue weighted by molar-refractivity contribution is 1.06. The van der Waals surface area contributed by atoms with Gasteiger partial charge in [-0.1, -0.05) is 0 Å². The van der Waals surface area contributed by atoms with Crippen molar-refractivity contribution in [2.45, 2.75) is 6.92 Å². The predicted octanol–water partition coefficient (Wildman–Crippen LogP) is 1.22. The van der Waals surface area contributed by atoms with Gasteiger partial charge < -0.3 is 5.73 Å². The van der Waals surface area contributed by atoms with Crippen LogP contribution in [0.5, 0.6) is 0 Å². The molecule has 0 amide bonds. The smallest absolute Gasteiger partial charge is 0.180 e. The first-order valence-corrected chi connectivity index (χ1v) is 4.52. The maximum absolute atomic E-state index is 5.67. The van der Waals surface area contributed by atoms with Gasteiger partial charge in [-0.2, -0.15) is 0 Å². The molecular formula is C7H7IN4. The summed E-state index contributed by atoms with van der Waals surface area (Å²) in [4.78, 5) is 8.23. The van der Waals surface area contributed by atoms with Gasteiger partial charge in [0, 0.05) is 6.20 Å². The largest absolute Gasteiger partial charge is 0.381 e. The second kappa shape index (κ2) is 2.58. The Bertz CT molecular complexity index is 434. The van der Waals surface area contributed by atoms with Crippen LogP contribution >= 0.6 is 22.6 Å². The first-order chi connectivity index (χ1) is 5.68. The van der Waals surface area contributed by atoms with E-state index in [4.69, 9.17) is 5.73 Å². The number of nitrogens with zero attached hydrogens (tertiary/aromatic N) is 3.